The molecular weight excluding hydrogens is 307 g/mol. The summed E-state index contributed by atoms with van der Waals surface area (Å²) in [6.07, 6.45) is 0.707. The smallest absolute Gasteiger partial charge is 0.123 e. The molecule has 0 aliphatic rings. The molecule has 0 saturated heterocycles. The fourth-order valence-electron chi connectivity index (χ4n) is 2.20. The van der Waals surface area contributed by atoms with Gasteiger partial charge in [0.15, 0.2) is 0 Å². The minimum atomic E-state index is -0.218. The number of aliphatic hydroxyl groups excluding tert-OH is 1. The maximum atomic E-state index is 13.1. The number of aryl methyl sites for hydroxylation is 1. The lowest BCUT2D eigenvalue weighted by Crippen LogP contribution is -2.09. The third-order valence-electron chi connectivity index (χ3n) is 3.31. The number of hydrogen-bond donors (Lipinski definition) is 1. The van der Waals surface area contributed by atoms with Crippen molar-refractivity contribution < 1.29 is 9.50 Å². The summed E-state index contributed by atoms with van der Waals surface area (Å²) in [4.78, 5) is 0. The molecule has 0 bridgehead atoms. The Morgan fingerprint density at radius 3 is 2.63 bits per heavy atom. The molecule has 0 fully saturated rings. The van der Waals surface area contributed by atoms with Gasteiger partial charge in [0, 0.05) is 10.4 Å². The highest BCUT2D eigenvalue weighted by Gasteiger charge is 2.13. The van der Waals surface area contributed by atoms with E-state index in [4.69, 9.17) is 0 Å². The maximum Gasteiger partial charge on any atom is 0.123 e. The highest BCUT2D eigenvalue weighted by Crippen LogP contribution is 2.25. The second-order valence-electron chi connectivity index (χ2n) is 4.71. The Bertz CT molecular complexity index is 568. The summed E-state index contributed by atoms with van der Waals surface area (Å²) in [6, 6.07) is 12.7. The molecule has 0 aliphatic heterocycles. The van der Waals surface area contributed by atoms with Crippen LogP contribution < -0.4 is 0 Å². The van der Waals surface area contributed by atoms with Crippen molar-refractivity contribution in [2.75, 3.05) is 6.61 Å². The van der Waals surface area contributed by atoms with Gasteiger partial charge < -0.3 is 5.11 Å². The lowest BCUT2D eigenvalue weighted by Gasteiger charge is -2.16. The fourth-order valence-corrected chi connectivity index (χ4v) is 2.62. The SMILES string of the molecule is Cc1cc(F)ccc1CC(CO)c1cccc(Br)c1. The van der Waals surface area contributed by atoms with Crippen LogP contribution in [0.25, 0.3) is 0 Å². The molecule has 2 aromatic rings. The molecule has 0 spiro atoms. The van der Waals surface area contributed by atoms with Crippen molar-refractivity contribution in [3.63, 3.8) is 0 Å². The van der Waals surface area contributed by atoms with Gasteiger partial charge in [0.25, 0.3) is 0 Å². The van der Waals surface area contributed by atoms with E-state index in [0.717, 1.165) is 21.2 Å². The molecule has 3 heteroatoms. The van der Waals surface area contributed by atoms with E-state index in [1.54, 1.807) is 6.07 Å². The Hall–Kier alpha value is -1.19. The summed E-state index contributed by atoms with van der Waals surface area (Å²) in [5, 5.41) is 9.59. The van der Waals surface area contributed by atoms with E-state index < -0.39 is 0 Å². The number of halogens is 2. The van der Waals surface area contributed by atoms with E-state index in [1.165, 1.54) is 12.1 Å². The van der Waals surface area contributed by atoms with Crippen LogP contribution in [0, 0.1) is 12.7 Å². The molecule has 0 saturated carbocycles. The molecule has 0 radical (unpaired) electrons. The molecule has 100 valence electrons. The van der Waals surface area contributed by atoms with Crippen LogP contribution >= 0.6 is 15.9 Å². The molecule has 0 amide bonds. The third kappa shape index (κ3) is 3.64. The van der Waals surface area contributed by atoms with Crippen LogP contribution in [0.15, 0.2) is 46.9 Å². The van der Waals surface area contributed by atoms with Crippen molar-refractivity contribution in [2.45, 2.75) is 19.3 Å². The molecule has 2 aromatic carbocycles. The summed E-state index contributed by atoms with van der Waals surface area (Å²) in [7, 11) is 0. The van der Waals surface area contributed by atoms with Crippen LogP contribution in [-0.2, 0) is 6.42 Å². The highest BCUT2D eigenvalue weighted by molar-refractivity contribution is 9.10. The Kier molecular flexibility index (Phi) is 4.72. The van der Waals surface area contributed by atoms with Crippen molar-refractivity contribution in [2.24, 2.45) is 0 Å². The topological polar surface area (TPSA) is 20.2 Å². The Balaban J connectivity index is 2.24. The van der Waals surface area contributed by atoms with Crippen LogP contribution in [-0.4, -0.2) is 11.7 Å². The minimum absolute atomic E-state index is 0.0293. The second kappa shape index (κ2) is 6.31. The lowest BCUT2D eigenvalue weighted by atomic mass is 9.91. The lowest BCUT2D eigenvalue weighted by molar-refractivity contribution is 0.264. The molecule has 19 heavy (non-hydrogen) atoms. The van der Waals surface area contributed by atoms with Crippen LogP contribution in [0.2, 0.25) is 0 Å². The Morgan fingerprint density at radius 1 is 1.21 bits per heavy atom. The van der Waals surface area contributed by atoms with Gasteiger partial charge in [-0.25, -0.2) is 4.39 Å². The quantitative estimate of drug-likeness (QED) is 0.893. The van der Waals surface area contributed by atoms with Gasteiger partial charge in [-0.05, 0) is 54.3 Å². The van der Waals surface area contributed by atoms with Crippen molar-refractivity contribution in [1.82, 2.24) is 0 Å². The first-order valence-corrected chi connectivity index (χ1v) is 7.01. The molecule has 1 N–H and O–H groups in total. The normalized spacial score (nSPS) is 12.4. The van der Waals surface area contributed by atoms with Crippen LogP contribution in [0.4, 0.5) is 4.39 Å². The van der Waals surface area contributed by atoms with E-state index in [-0.39, 0.29) is 18.3 Å². The van der Waals surface area contributed by atoms with E-state index >= 15 is 0 Å². The standard InChI is InChI=1S/C16H16BrFO/c1-11-7-16(18)6-5-12(11)8-14(10-19)13-3-2-4-15(17)9-13/h2-7,9,14,19H,8,10H2,1H3. The molecule has 1 atom stereocenters. The summed E-state index contributed by atoms with van der Waals surface area (Å²) in [5.74, 6) is -0.189. The largest absolute Gasteiger partial charge is 0.396 e. The second-order valence-corrected chi connectivity index (χ2v) is 5.63. The highest BCUT2D eigenvalue weighted by atomic mass is 79.9. The van der Waals surface area contributed by atoms with E-state index in [9.17, 15) is 9.50 Å². The maximum absolute atomic E-state index is 13.1. The van der Waals surface area contributed by atoms with Gasteiger partial charge >= 0.3 is 0 Å². The van der Waals surface area contributed by atoms with Crippen molar-refractivity contribution in [1.29, 1.82) is 0 Å². The summed E-state index contributed by atoms with van der Waals surface area (Å²) in [6.45, 7) is 1.97. The van der Waals surface area contributed by atoms with Gasteiger partial charge in [0.2, 0.25) is 0 Å². The number of aliphatic hydroxyl groups is 1. The number of benzene rings is 2. The molecular formula is C16H16BrFO. The van der Waals surface area contributed by atoms with Crippen molar-refractivity contribution >= 4 is 15.9 Å². The first-order chi connectivity index (χ1) is 9.10. The van der Waals surface area contributed by atoms with E-state index in [0.29, 0.717) is 6.42 Å². The zero-order valence-corrected chi connectivity index (χ0v) is 12.3. The van der Waals surface area contributed by atoms with Gasteiger partial charge in [0.1, 0.15) is 5.82 Å². The predicted molar refractivity (Wildman–Crippen MR) is 78.8 cm³/mol. The molecule has 0 heterocycles. The van der Waals surface area contributed by atoms with E-state index in [1.807, 2.05) is 31.2 Å². The van der Waals surface area contributed by atoms with Gasteiger partial charge in [0.05, 0.1) is 6.61 Å². The molecule has 0 aliphatic carbocycles. The van der Waals surface area contributed by atoms with Crippen molar-refractivity contribution in [3.05, 3.63) is 69.4 Å². The molecule has 1 unspecified atom stereocenters. The summed E-state index contributed by atoms with van der Waals surface area (Å²) < 4.78 is 14.1. The van der Waals surface area contributed by atoms with Crippen LogP contribution in [0.1, 0.15) is 22.6 Å². The number of hydrogen-bond acceptors (Lipinski definition) is 1. The van der Waals surface area contributed by atoms with Crippen LogP contribution in [0.3, 0.4) is 0 Å². The monoisotopic (exact) mass is 322 g/mol. The summed E-state index contributed by atoms with van der Waals surface area (Å²) >= 11 is 3.44. The minimum Gasteiger partial charge on any atom is -0.396 e. The third-order valence-corrected chi connectivity index (χ3v) is 3.80. The fraction of sp³-hybridized carbons (Fsp3) is 0.250. The molecule has 1 nitrogen and oxygen atoms in total. The first-order valence-electron chi connectivity index (χ1n) is 6.21. The zero-order chi connectivity index (χ0) is 13.8. The van der Waals surface area contributed by atoms with Gasteiger partial charge in [-0.1, -0.05) is 34.1 Å². The predicted octanol–water partition coefficient (Wildman–Crippen LogP) is 4.22. The Labute approximate surface area is 121 Å². The van der Waals surface area contributed by atoms with Gasteiger partial charge in [-0.3, -0.25) is 0 Å². The average molecular weight is 323 g/mol. The first kappa shape index (κ1) is 14.2. The number of rotatable bonds is 4. The molecule has 2 rings (SSSR count). The van der Waals surface area contributed by atoms with E-state index in [2.05, 4.69) is 15.9 Å². The Morgan fingerprint density at radius 2 is 2.00 bits per heavy atom. The van der Waals surface area contributed by atoms with Gasteiger partial charge in [-0.15, -0.1) is 0 Å². The summed E-state index contributed by atoms with van der Waals surface area (Å²) in [5.41, 5.74) is 3.08. The van der Waals surface area contributed by atoms with Gasteiger partial charge in [-0.2, -0.15) is 0 Å². The average Bonchev–Trinajstić information content (AvgIpc) is 2.38. The van der Waals surface area contributed by atoms with Crippen molar-refractivity contribution in [3.8, 4) is 0 Å². The zero-order valence-electron chi connectivity index (χ0n) is 10.7. The molecule has 0 aromatic heterocycles. The van der Waals surface area contributed by atoms with Crippen LogP contribution in [0.5, 0.6) is 0 Å².